The lowest BCUT2D eigenvalue weighted by Crippen LogP contribution is -2.60. The second-order valence-corrected chi connectivity index (χ2v) is 11.2. The summed E-state index contributed by atoms with van der Waals surface area (Å²) >= 11 is 0. The minimum atomic E-state index is -0.241. The van der Waals surface area contributed by atoms with Crippen LogP contribution in [0.15, 0.2) is 0 Å². The van der Waals surface area contributed by atoms with E-state index in [1.165, 1.54) is 39.2 Å². The van der Waals surface area contributed by atoms with Crippen LogP contribution in [0.1, 0.15) is 71.6 Å². The van der Waals surface area contributed by atoms with Gasteiger partial charge in [-0.15, -0.1) is 0 Å². The molecule has 4 nitrogen and oxygen atoms in total. The van der Waals surface area contributed by atoms with Gasteiger partial charge in [-0.25, -0.2) is 0 Å². The number of hydrogen-bond acceptors (Lipinski definition) is 4. The Hall–Kier alpha value is -0.610. The summed E-state index contributed by atoms with van der Waals surface area (Å²) in [4.78, 5) is 11.7. The molecule has 158 valence electrons. The highest BCUT2D eigenvalue weighted by molar-refractivity contribution is 5.69. The van der Waals surface area contributed by atoms with E-state index in [4.69, 9.17) is 9.47 Å². The number of aliphatic hydroxyl groups excluding tert-OH is 1. The zero-order valence-corrected chi connectivity index (χ0v) is 18.1. The molecule has 0 bridgehead atoms. The second-order valence-electron chi connectivity index (χ2n) is 11.2. The summed E-state index contributed by atoms with van der Waals surface area (Å²) in [5.41, 5.74) is 0.683. The van der Waals surface area contributed by atoms with E-state index in [9.17, 15) is 9.90 Å². The van der Waals surface area contributed by atoms with Crippen LogP contribution in [0, 0.1) is 45.8 Å². The van der Waals surface area contributed by atoms with Crippen LogP contribution >= 0.6 is 0 Å². The number of esters is 1. The molecule has 4 heteroatoms. The van der Waals surface area contributed by atoms with Gasteiger partial charge in [0.1, 0.15) is 0 Å². The van der Waals surface area contributed by atoms with Gasteiger partial charge in [-0.3, -0.25) is 4.79 Å². The molecular weight excluding hydrogens is 352 g/mol. The van der Waals surface area contributed by atoms with Gasteiger partial charge in [0.25, 0.3) is 0 Å². The van der Waals surface area contributed by atoms with Crippen molar-refractivity contribution in [1.29, 1.82) is 0 Å². The van der Waals surface area contributed by atoms with Crippen LogP contribution in [0.2, 0.25) is 0 Å². The Balaban J connectivity index is 1.44. The maximum Gasteiger partial charge on any atom is 0.305 e. The Morgan fingerprint density at radius 3 is 2.57 bits per heavy atom. The van der Waals surface area contributed by atoms with Crippen molar-refractivity contribution in [2.75, 3.05) is 14.2 Å². The van der Waals surface area contributed by atoms with Gasteiger partial charge < -0.3 is 14.6 Å². The molecule has 0 heterocycles. The van der Waals surface area contributed by atoms with Crippen molar-refractivity contribution < 1.29 is 19.4 Å². The number of ether oxygens (including phenoxy) is 2. The van der Waals surface area contributed by atoms with Crippen LogP contribution in [-0.4, -0.2) is 37.5 Å². The van der Waals surface area contributed by atoms with Crippen LogP contribution in [0.4, 0.5) is 0 Å². The van der Waals surface area contributed by atoms with E-state index in [-0.39, 0.29) is 17.5 Å². The summed E-state index contributed by atoms with van der Waals surface area (Å²) in [6, 6.07) is 0. The molecule has 0 aromatic heterocycles. The average molecular weight is 391 g/mol. The zero-order chi connectivity index (χ0) is 19.9. The van der Waals surface area contributed by atoms with Gasteiger partial charge in [0, 0.05) is 18.9 Å². The fourth-order valence-corrected chi connectivity index (χ4v) is 9.53. The smallest absolute Gasteiger partial charge is 0.305 e. The van der Waals surface area contributed by atoms with Gasteiger partial charge in [-0.05, 0) is 91.8 Å². The molecule has 0 saturated heterocycles. The number of methoxy groups -OCH3 is 2. The summed E-state index contributed by atoms with van der Waals surface area (Å²) in [5.74, 6) is 3.04. The maximum atomic E-state index is 11.7. The third-order valence-corrected chi connectivity index (χ3v) is 11.0. The highest BCUT2D eigenvalue weighted by atomic mass is 16.5. The normalized spacial score (nSPS) is 56.4. The molecule has 0 unspecified atom stereocenters. The van der Waals surface area contributed by atoms with Crippen LogP contribution in [0.3, 0.4) is 0 Å². The Labute approximate surface area is 169 Å². The molecular formula is C24H38O4. The molecule has 5 saturated carbocycles. The van der Waals surface area contributed by atoms with Gasteiger partial charge in [0.05, 0.1) is 19.3 Å². The van der Waals surface area contributed by atoms with E-state index >= 15 is 0 Å². The second kappa shape index (κ2) is 6.20. The Morgan fingerprint density at radius 1 is 1.11 bits per heavy atom. The summed E-state index contributed by atoms with van der Waals surface area (Å²) < 4.78 is 11.0. The minimum absolute atomic E-state index is 0.0596. The van der Waals surface area contributed by atoms with Gasteiger partial charge in [-0.2, -0.15) is 0 Å². The third-order valence-electron chi connectivity index (χ3n) is 11.0. The lowest BCUT2D eigenvalue weighted by molar-refractivity contribution is -0.192. The van der Waals surface area contributed by atoms with Crippen molar-refractivity contribution in [2.24, 2.45) is 45.8 Å². The number of carbonyl (C=O) groups excluding carboxylic acids is 1. The molecule has 5 aliphatic carbocycles. The lowest BCUT2D eigenvalue weighted by Gasteiger charge is -2.62. The highest BCUT2D eigenvalue weighted by Gasteiger charge is 2.78. The molecule has 0 aliphatic heterocycles. The van der Waals surface area contributed by atoms with Crippen molar-refractivity contribution in [3.63, 3.8) is 0 Å². The first-order chi connectivity index (χ1) is 13.3. The van der Waals surface area contributed by atoms with Crippen molar-refractivity contribution in [2.45, 2.75) is 83.8 Å². The van der Waals surface area contributed by atoms with Crippen LogP contribution in [0.5, 0.6) is 0 Å². The minimum Gasteiger partial charge on any atom is -0.469 e. The molecule has 10 atom stereocenters. The maximum absolute atomic E-state index is 11.7. The predicted octanol–water partition coefficient (Wildman–Crippen LogP) is 4.19. The average Bonchev–Trinajstić information content (AvgIpc) is 3.20. The number of aliphatic hydroxyl groups is 1. The first kappa shape index (κ1) is 19.4. The molecule has 0 amide bonds. The largest absolute Gasteiger partial charge is 0.469 e. The molecule has 0 radical (unpaired) electrons. The number of rotatable bonds is 4. The van der Waals surface area contributed by atoms with Crippen molar-refractivity contribution in [1.82, 2.24) is 0 Å². The SMILES string of the molecule is COC(=O)CC[C@H]1CC[C@H]2[C@@H]3C[C@@H](OC)[C@]45C[C@H]4CC[C@]5(C)[C@H]3C[C@@H](O)[C@]12C. The molecule has 28 heavy (non-hydrogen) atoms. The first-order valence-corrected chi connectivity index (χ1v) is 11.6. The fraction of sp³-hybridized carbons (Fsp3) is 0.958. The standard InChI is InChI=1S/C24H38O4/c1-22-10-9-15-13-24(15,22)20(27-3)11-16-17-7-5-14(6-8-21(26)28-4)23(17,2)19(25)12-18(16)22/h14-20,25H,5-13H2,1-4H3/t14-,15-,16+,17+,18+,19-,20-,22-,23-,24+/m1/s1. The summed E-state index contributed by atoms with van der Waals surface area (Å²) in [7, 11) is 3.40. The molecule has 5 rings (SSSR count). The first-order valence-electron chi connectivity index (χ1n) is 11.6. The lowest BCUT2D eigenvalue weighted by atomic mass is 9.44. The van der Waals surface area contributed by atoms with E-state index in [0.717, 1.165) is 25.2 Å². The Kier molecular flexibility index (Phi) is 4.29. The van der Waals surface area contributed by atoms with E-state index < -0.39 is 0 Å². The van der Waals surface area contributed by atoms with Gasteiger partial charge in [-0.1, -0.05) is 13.8 Å². The van der Waals surface area contributed by atoms with Crippen LogP contribution < -0.4 is 0 Å². The van der Waals surface area contributed by atoms with Crippen molar-refractivity contribution in [3.8, 4) is 0 Å². The third kappa shape index (κ3) is 2.17. The molecule has 5 aliphatic rings. The van der Waals surface area contributed by atoms with Crippen molar-refractivity contribution in [3.05, 3.63) is 0 Å². The monoisotopic (exact) mass is 390 g/mol. The number of hydrogen-bond donors (Lipinski definition) is 1. The Morgan fingerprint density at radius 2 is 1.89 bits per heavy atom. The van der Waals surface area contributed by atoms with E-state index in [1.54, 1.807) is 0 Å². The summed E-state index contributed by atoms with van der Waals surface area (Å²) in [6.45, 7) is 4.87. The van der Waals surface area contributed by atoms with Gasteiger partial charge >= 0.3 is 5.97 Å². The van der Waals surface area contributed by atoms with Gasteiger partial charge in [0.15, 0.2) is 0 Å². The fourth-order valence-electron chi connectivity index (χ4n) is 9.53. The molecule has 0 aromatic rings. The molecule has 1 N–H and O–H groups in total. The van der Waals surface area contributed by atoms with E-state index in [0.29, 0.717) is 47.0 Å². The summed E-state index contributed by atoms with van der Waals surface area (Å²) in [6.07, 6.45) is 10.0. The quantitative estimate of drug-likeness (QED) is 0.731. The summed E-state index contributed by atoms with van der Waals surface area (Å²) in [5, 5.41) is 11.5. The highest BCUT2D eigenvalue weighted by Crippen LogP contribution is 2.82. The zero-order valence-electron chi connectivity index (χ0n) is 18.1. The number of carbonyl (C=O) groups is 1. The molecule has 0 aromatic carbocycles. The Bertz CT molecular complexity index is 663. The molecule has 1 spiro atoms. The van der Waals surface area contributed by atoms with Crippen molar-refractivity contribution >= 4 is 5.97 Å². The predicted molar refractivity (Wildman–Crippen MR) is 106 cm³/mol. The topological polar surface area (TPSA) is 55.8 Å². The van der Waals surface area contributed by atoms with Crippen LogP contribution in [-0.2, 0) is 14.3 Å². The van der Waals surface area contributed by atoms with E-state index in [1.807, 2.05) is 7.11 Å². The molecule has 5 fully saturated rings. The van der Waals surface area contributed by atoms with E-state index in [2.05, 4.69) is 13.8 Å². The van der Waals surface area contributed by atoms with Crippen LogP contribution in [0.25, 0.3) is 0 Å². The number of fused-ring (bicyclic) bond motifs is 4. The van der Waals surface area contributed by atoms with Gasteiger partial charge in [0.2, 0.25) is 0 Å².